The van der Waals surface area contributed by atoms with Gasteiger partial charge in [0, 0.05) is 12.3 Å². The summed E-state index contributed by atoms with van der Waals surface area (Å²) < 4.78 is 0. The normalized spacial score (nSPS) is 30.9. The molecule has 2 heteroatoms. The first kappa shape index (κ1) is 5.76. The van der Waals surface area contributed by atoms with Crippen molar-refractivity contribution in [3.63, 3.8) is 0 Å². The summed E-state index contributed by atoms with van der Waals surface area (Å²) in [5, 5.41) is 6.96. The number of rotatable bonds is 1. The van der Waals surface area contributed by atoms with Crippen molar-refractivity contribution in [2.24, 2.45) is 0 Å². The van der Waals surface area contributed by atoms with E-state index in [2.05, 4.69) is 11.9 Å². The van der Waals surface area contributed by atoms with Crippen LogP contribution in [0.15, 0.2) is 0 Å². The molecular weight excluding hydrogens is 100 g/mol. The third-order valence-corrected chi connectivity index (χ3v) is 1.77. The molecule has 0 radical (unpaired) electrons. The Morgan fingerprint density at radius 2 is 2.50 bits per heavy atom. The molecule has 0 amide bonds. The van der Waals surface area contributed by atoms with Gasteiger partial charge < -0.3 is 5.41 Å². The molecular formula is C6H12N2. The van der Waals surface area contributed by atoms with E-state index in [1.165, 1.54) is 25.6 Å². The standard InChI is InChI=1S/C6H12N2/c1-8-4-2-3-6(8)5-7/h5-7H,2-4H2,1H3. The Bertz CT molecular complexity index is 90.5. The average Bonchev–Trinajstić information content (AvgIpc) is 2.14. The lowest BCUT2D eigenvalue weighted by Gasteiger charge is -2.12. The molecule has 1 aliphatic rings. The maximum absolute atomic E-state index is 6.96. The van der Waals surface area contributed by atoms with Crippen molar-refractivity contribution in [2.75, 3.05) is 13.6 Å². The van der Waals surface area contributed by atoms with Crippen LogP contribution in [-0.4, -0.2) is 30.7 Å². The van der Waals surface area contributed by atoms with Gasteiger partial charge in [-0.25, -0.2) is 0 Å². The number of nitrogens with one attached hydrogen (secondary N) is 1. The monoisotopic (exact) mass is 112 g/mol. The third kappa shape index (κ3) is 0.892. The summed E-state index contributed by atoms with van der Waals surface area (Å²) in [5.41, 5.74) is 0. The van der Waals surface area contributed by atoms with Gasteiger partial charge in [0.25, 0.3) is 0 Å². The van der Waals surface area contributed by atoms with E-state index in [-0.39, 0.29) is 0 Å². The highest BCUT2D eigenvalue weighted by molar-refractivity contribution is 5.60. The third-order valence-electron chi connectivity index (χ3n) is 1.77. The molecule has 0 aromatic carbocycles. The highest BCUT2D eigenvalue weighted by Crippen LogP contribution is 2.11. The predicted octanol–water partition coefficient (Wildman–Crippen LogP) is 0.730. The Morgan fingerprint density at radius 1 is 1.75 bits per heavy atom. The van der Waals surface area contributed by atoms with Gasteiger partial charge in [0.1, 0.15) is 0 Å². The fourth-order valence-corrected chi connectivity index (χ4v) is 1.15. The highest BCUT2D eigenvalue weighted by atomic mass is 15.1. The molecule has 1 unspecified atom stereocenters. The summed E-state index contributed by atoms with van der Waals surface area (Å²) in [5.74, 6) is 0. The van der Waals surface area contributed by atoms with Gasteiger partial charge in [0.15, 0.2) is 0 Å². The topological polar surface area (TPSA) is 27.1 Å². The van der Waals surface area contributed by atoms with Crippen LogP contribution < -0.4 is 0 Å². The molecule has 1 rings (SSSR count). The molecule has 1 N–H and O–H groups in total. The van der Waals surface area contributed by atoms with Crippen molar-refractivity contribution >= 4 is 6.21 Å². The van der Waals surface area contributed by atoms with Gasteiger partial charge in [-0.3, -0.25) is 4.90 Å². The molecule has 0 aromatic rings. The summed E-state index contributed by atoms with van der Waals surface area (Å²) in [7, 11) is 2.07. The molecule has 2 nitrogen and oxygen atoms in total. The molecule has 1 fully saturated rings. The van der Waals surface area contributed by atoms with Gasteiger partial charge in [-0.05, 0) is 26.4 Å². The first-order valence-corrected chi connectivity index (χ1v) is 3.05. The van der Waals surface area contributed by atoms with E-state index in [0.717, 1.165) is 0 Å². The van der Waals surface area contributed by atoms with Crippen molar-refractivity contribution < 1.29 is 0 Å². The Hall–Kier alpha value is -0.370. The van der Waals surface area contributed by atoms with Crippen LogP contribution in [0.5, 0.6) is 0 Å². The molecule has 0 bridgehead atoms. The first-order chi connectivity index (χ1) is 3.84. The second kappa shape index (κ2) is 2.27. The SMILES string of the molecule is CN1CCCC1C=N. The Kier molecular flexibility index (Phi) is 1.63. The van der Waals surface area contributed by atoms with Crippen LogP contribution in [0.3, 0.4) is 0 Å². The summed E-state index contributed by atoms with van der Waals surface area (Å²) in [6, 6.07) is 0.440. The van der Waals surface area contributed by atoms with E-state index < -0.39 is 0 Å². The van der Waals surface area contributed by atoms with Crippen molar-refractivity contribution in [2.45, 2.75) is 18.9 Å². The lowest BCUT2D eigenvalue weighted by molar-refractivity contribution is 0.376. The number of likely N-dealkylation sites (tertiary alicyclic amines) is 1. The fourth-order valence-electron chi connectivity index (χ4n) is 1.15. The molecule has 0 saturated carbocycles. The van der Waals surface area contributed by atoms with Gasteiger partial charge in [-0.15, -0.1) is 0 Å². The van der Waals surface area contributed by atoms with Crippen LogP contribution in [0.2, 0.25) is 0 Å². The molecule has 1 heterocycles. The average molecular weight is 112 g/mol. The van der Waals surface area contributed by atoms with Crippen LogP contribution in [-0.2, 0) is 0 Å². The largest absolute Gasteiger partial charge is 0.311 e. The minimum atomic E-state index is 0.440. The minimum absolute atomic E-state index is 0.440. The summed E-state index contributed by atoms with van der Waals surface area (Å²) in [4.78, 5) is 2.22. The molecule has 0 aliphatic carbocycles. The molecule has 0 aromatic heterocycles. The number of nitrogens with zero attached hydrogens (tertiary/aromatic N) is 1. The van der Waals surface area contributed by atoms with E-state index in [1.807, 2.05) is 0 Å². The van der Waals surface area contributed by atoms with Gasteiger partial charge >= 0.3 is 0 Å². The van der Waals surface area contributed by atoms with Gasteiger partial charge in [-0.2, -0.15) is 0 Å². The maximum Gasteiger partial charge on any atom is 0.0441 e. The summed E-state index contributed by atoms with van der Waals surface area (Å²) in [6.07, 6.45) is 3.98. The van der Waals surface area contributed by atoms with Gasteiger partial charge in [0.05, 0.1) is 0 Å². The van der Waals surface area contributed by atoms with E-state index in [4.69, 9.17) is 5.41 Å². The lowest BCUT2D eigenvalue weighted by Crippen LogP contribution is -2.25. The minimum Gasteiger partial charge on any atom is -0.311 e. The predicted molar refractivity (Wildman–Crippen MR) is 34.4 cm³/mol. The van der Waals surface area contributed by atoms with Crippen molar-refractivity contribution in [3.05, 3.63) is 0 Å². The zero-order chi connectivity index (χ0) is 5.98. The van der Waals surface area contributed by atoms with E-state index in [1.54, 1.807) is 0 Å². The van der Waals surface area contributed by atoms with Crippen LogP contribution in [0.1, 0.15) is 12.8 Å². The van der Waals surface area contributed by atoms with Gasteiger partial charge in [0.2, 0.25) is 0 Å². The lowest BCUT2D eigenvalue weighted by atomic mass is 10.2. The van der Waals surface area contributed by atoms with E-state index in [9.17, 15) is 0 Å². The van der Waals surface area contributed by atoms with Crippen LogP contribution >= 0.6 is 0 Å². The van der Waals surface area contributed by atoms with E-state index >= 15 is 0 Å². The molecule has 1 saturated heterocycles. The van der Waals surface area contributed by atoms with Crippen LogP contribution in [0, 0.1) is 5.41 Å². The Morgan fingerprint density at radius 3 is 2.75 bits per heavy atom. The Balaban J connectivity index is 2.41. The molecule has 8 heavy (non-hydrogen) atoms. The van der Waals surface area contributed by atoms with Crippen LogP contribution in [0.25, 0.3) is 0 Å². The van der Waals surface area contributed by atoms with Crippen LogP contribution in [0.4, 0.5) is 0 Å². The van der Waals surface area contributed by atoms with Crippen molar-refractivity contribution in [3.8, 4) is 0 Å². The molecule has 1 atom stereocenters. The number of hydrogen-bond donors (Lipinski definition) is 1. The molecule has 46 valence electrons. The second-order valence-corrected chi connectivity index (χ2v) is 2.36. The zero-order valence-corrected chi connectivity index (χ0v) is 5.22. The zero-order valence-electron chi connectivity index (χ0n) is 5.22. The molecule has 1 aliphatic heterocycles. The van der Waals surface area contributed by atoms with Crippen molar-refractivity contribution in [1.29, 1.82) is 5.41 Å². The second-order valence-electron chi connectivity index (χ2n) is 2.36. The fraction of sp³-hybridized carbons (Fsp3) is 0.833. The Labute approximate surface area is 50.0 Å². The smallest absolute Gasteiger partial charge is 0.0441 e. The van der Waals surface area contributed by atoms with Crippen molar-refractivity contribution in [1.82, 2.24) is 4.90 Å². The maximum atomic E-state index is 6.96. The first-order valence-electron chi connectivity index (χ1n) is 3.05. The quantitative estimate of drug-likeness (QED) is 0.497. The summed E-state index contributed by atoms with van der Waals surface area (Å²) >= 11 is 0. The highest BCUT2D eigenvalue weighted by Gasteiger charge is 2.17. The van der Waals surface area contributed by atoms with E-state index in [0.29, 0.717) is 6.04 Å². The number of hydrogen-bond acceptors (Lipinski definition) is 2. The van der Waals surface area contributed by atoms with Gasteiger partial charge in [-0.1, -0.05) is 0 Å². The molecule has 0 spiro atoms. The summed E-state index contributed by atoms with van der Waals surface area (Å²) in [6.45, 7) is 1.17.